The fraction of sp³-hybridized carbons (Fsp3) is 0.350. The maximum Gasteiger partial charge on any atom is 0.241 e. The van der Waals surface area contributed by atoms with Crippen LogP contribution >= 0.6 is 24.8 Å². The Morgan fingerprint density at radius 3 is 2.38 bits per heavy atom. The summed E-state index contributed by atoms with van der Waals surface area (Å²) in [4.78, 5) is 14.7. The minimum atomic E-state index is -0.611. The smallest absolute Gasteiger partial charge is 0.241 e. The van der Waals surface area contributed by atoms with Crippen LogP contribution in [-0.4, -0.2) is 29.9 Å². The molecule has 0 saturated heterocycles. The average molecular weight is 396 g/mol. The van der Waals surface area contributed by atoms with E-state index in [1.807, 2.05) is 30.3 Å². The van der Waals surface area contributed by atoms with Crippen LogP contribution in [0.15, 0.2) is 54.6 Å². The van der Waals surface area contributed by atoms with Crippen molar-refractivity contribution in [3.8, 4) is 0 Å². The van der Waals surface area contributed by atoms with Crippen molar-refractivity contribution in [3.05, 3.63) is 71.3 Å². The highest BCUT2D eigenvalue weighted by atomic mass is 35.5. The second-order valence-electron chi connectivity index (χ2n) is 6.47. The van der Waals surface area contributed by atoms with Crippen LogP contribution in [0.3, 0.4) is 0 Å². The van der Waals surface area contributed by atoms with Gasteiger partial charge in [-0.25, -0.2) is 0 Å². The van der Waals surface area contributed by atoms with Gasteiger partial charge in [-0.3, -0.25) is 9.69 Å². The summed E-state index contributed by atoms with van der Waals surface area (Å²) < 4.78 is 0. The molecule has 0 bridgehead atoms. The van der Waals surface area contributed by atoms with Gasteiger partial charge in [0.05, 0.1) is 0 Å². The molecule has 1 aliphatic heterocycles. The molecule has 2 unspecified atom stereocenters. The average Bonchev–Trinajstić information content (AvgIpc) is 2.65. The Labute approximate surface area is 168 Å². The third-order valence-corrected chi connectivity index (χ3v) is 4.80. The first-order chi connectivity index (χ1) is 11.6. The zero-order chi connectivity index (χ0) is 16.9. The third kappa shape index (κ3) is 5.45. The predicted octanol–water partition coefficient (Wildman–Crippen LogP) is 3.09. The molecule has 0 saturated carbocycles. The Hall–Kier alpha value is -1.59. The molecule has 1 heterocycles. The van der Waals surface area contributed by atoms with Crippen molar-refractivity contribution in [2.45, 2.75) is 32.0 Å². The lowest BCUT2D eigenvalue weighted by Gasteiger charge is -2.34. The Kier molecular flexibility index (Phi) is 9.09. The summed E-state index contributed by atoms with van der Waals surface area (Å²) in [6, 6.07) is 17.7. The standard InChI is InChI=1S/C20H25N3O.2ClH/c1-15(23-12-11-16-7-5-6-10-18(16)14-23)13-22-20(24)19(21)17-8-3-2-4-9-17;;/h2-10,15,19H,11-14,21H2,1H3,(H,22,24);2*1H. The van der Waals surface area contributed by atoms with E-state index in [4.69, 9.17) is 5.73 Å². The summed E-state index contributed by atoms with van der Waals surface area (Å²) >= 11 is 0. The SMILES string of the molecule is CC(CNC(=O)C(N)c1ccccc1)N1CCc2ccccc2C1.Cl.Cl. The Morgan fingerprint density at radius 2 is 1.69 bits per heavy atom. The van der Waals surface area contributed by atoms with E-state index in [1.54, 1.807) is 0 Å². The molecular weight excluding hydrogens is 369 g/mol. The quantitative estimate of drug-likeness (QED) is 0.817. The van der Waals surface area contributed by atoms with E-state index in [1.165, 1.54) is 11.1 Å². The molecule has 0 spiro atoms. The number of halogens is 2. The number of fused-ring (bicyclic) bond motifs is 1. The molecule has 0 aromatic heterocycles. The van der Waals surface area contributed by atoms with Crippen molar-refractivity contribution in [2.75, 3.05) is 13.1 Å². The summed E-state index contributed by atoms with van der Waals surface area (Å²) in [5, 5.41) is 3.00. The van der Waals surface area contributed by atoms with Crippen LogP contribution in [0, 0.1) is 0 Å². The summed E-state index contributed by atoms with van der Waals surface area (Å²) in [6.07, 6.45) is 1.07. The lowest BCUT2D eigenvalue weighted by Crippen LogP contribution is -2.46. The van der Waals surface area contributed by atoms with E-state index in [-0.39, 0.29) is 36.8 Å². The van der Waals surface area contributed by atoms with Crippen LogP contribution in [-0.2, 0) is 17.8 Å². The summed E-state index contributed by atoms with van der Waals surface area (Å²) in [7, 11) is 0. The van der Waals surface area contributed by atoms with Gasteiger partial charge in [-0.1, -0.05) is 54.6 Å². The van der Waals surface area contributed by atoms with Gasteiger partial charge in [0, 0.05) is 25.7 Å². The minimum absolute atomic E-state index is 0. The Bertz CT molecular complexity index is 696. The molecule has 6 heteroatoms. The molecule has 0 fully saturated rings. The van der Waals surface area contributed by atoms with Crippen LogP contribution < -0.4 is 11.1 Å². The van der Waals surface area contributed by atoms with Crippen LogP contribution in [0.1, 0.15) is 29.7 Å². The highest BCUT2D eigenvalue weighted by Crippen LogP contribution is 2.20. The number of nitrogens with two attached hydrogens (primary N) is 1. The van der Waals surface area contributed by atoms with E-state index in [0.29, 0.717) is 6.54 Å². The number of hydrogen-bond donors (Lipinski definition) is 2. The van der Waals surface area contributed by atoms with E-state index in [2.05, 4.69) is 41.4 Å². The monoisotopic (exact) mass is 395 g/mol. The van der Waals surface area contributed by atoms with Gasteiger partial charge >= 0.3 is 0 Å². The van der Waals surface area contributed by atoms with Crippen LogP contribution in [0.5, 0.6) is 0 Å². The summed E-state index contributed by atoms with van der Waals surface area (Å²) in [5.74, 6) is -0.120. The molecule has 142 valence electrons. The topological polar surface area (TPSA) is 58.4 Å². The number of rotatable bonds is 5. The second-order valence-corrected chi connectivity index (χ2v) is 6.47. The van der Waals surface area contributed by atoms with Gasteiger partial charge in [0.2, 0.25) is 5.91 Å². The van der Waals surface area contributed by atoms with Crippen LogP contribution in [0.4, 0.5) is 0 Å². The molecule has 1 amide bonds. The molecular formula is C20H27Cl2N3O. The molecule has 0 radical (unpaired) electrons. The van der Waals surface area contributed by atoms with Gasteiger partial charge in [-0.05, 0) is 30.0 Å². The molecule has 26 heavy (non-hydrogen) atoms. The molecule has 2 aromatic rings. The van der Waals surface area contributed by atoms with Crippen molar-refractivity contribution in [2.24, 2.45) is 5.73 Å². The van der Waals surface area contributed by atoms with Gasteiger partial charge in [0.25, 0.3) is 0 Å². The lowest BCUT2D eigenvalue weighted by molar-refractivity contribution is -0.122. The van der Waals surface area contributed by atoms with Crippen molar-refractivity contribution < 1.29 is 4.79 Å². The zero-order valence-electron chi connectivity index (χ0n) is 14.9. The lowest BCUT2D eigenvalue weighted by atomic mass is 9.99. The highest BCUT2D eigenvalue weighted by Gasteiger charge is 2.22. The molecule has 1 aliphatic rings. The van der Waals surface area contributed by atoms with Gasteiger partial charge in [-0.2, -0.15) is 0 Å². The summed E-state index contributed by atoms with van der Waals surface area (Å²) in [5.41, 5.74) is 9.72. The predicted molar refractivity (Wildman–Crippen MR) is 111 cm³/mol. The fourth-order valence-electron chi connectivity index (χ4n) is 3.19. The summed E-state index contributed by atoms with van der Waals surface area (Å²) in [6.45, 7) is 4.74. The van der Waals surface area contributed by atoms with Gasteiger partial charge in [0.1, 0.15) is 6.04 Å². The van der Waals surface area contributed by atoms with Gasteiger partial charge in [0.15, 0.2) is 0 Å². The van der Waals surface area contributed by atoms with Crippen molar-refractivity contribution in [1.82, 2.24) is 10.2 Å². The van der Waals surface area contributed by atoms with Crippen LogP contribution in [0.2, 0.25) is 0 Å². The van der Waals surface area contributed by atoms with E-state index in [0.717, 1.165) is 25.1 Å². The number of carbonyl (C=O) groups excluding carboxylic acids is 1. The first-order valence-corrected chi connectivity index (χ1v) is 8.54. The number of benzene rings is 2. The van der Waals surface area contributed by atoms with E-state index in [9.17, 15) is 4.79 Å². The Balaban J connectivity index is 0.00000169. The molecule has 3 N–H and O–H groups in total. The maximum absolute atomic E-state index is 12.3. The van der Waals surface area contributed by atoms with Gasteiger partial charge < -0.3 is 11.1 Å². The number of carbonyl (C=O) groups is 1. The van der Waals surface area contributed by atoms with Crippen LogP contribution in [0.25, 0.3) is 0 Å². The fourth-order valence-corrected chi connectivity index (χ4v) is 3.19. The largest absolute Gasteiger partial charge is 0.353 e. The van der Waals surface area contributed by atoms with Crippen molar-refractivity contribution in [1.29, 1.82) is 0 Å². The first kappa shape index (κ1) is 22.5. The third-order valence-electron chi connectivity index (χ3n) is 4.80. The molecule has 3 rings (SSSR count). The molecule has 0 aliphatic carbocycles. The number of nitrogens with zero attached hydrogens (tertiary/aromatic N) is 1. The van der Waals surface area contributed by atoms with Gasteiger partial charge in [-0.15, -0.1) is 24.8 Å². The second kappa shape index (κ2) is 10.5. The minimum Gasteiger partial charge on any atom is -0.353 e. The number of nitrogens with one attached hydrogen (secondary N) is 1. The number of amides is 1. The van der Waals surface area contributed by atoms with Crippen molar-refractivity contribution >= 4 is 30.7 Å². The molecule has 2 atom stereocenters. The Morgan fingerprint density at radius 1 is 1.08 bits per heavy atom. The van der Waals surface area contributed by atoms with E-state index < -0.39 is 6.04 Å². The highest BCUT2D eigenvalue weighted by molar-refractivity contribution is 5.85. The molecule has 4 nitrogen and oxygen atoms in total. The normalized spacial score (nSPS) is 15.6. The maximum atomic E-state index is 12.3. The van der Waals surface area contributed by atoms with E-state index >= 15 is 0 Å². The number of hydrogen-bond acceptors (Lipinski definition) is 3. The zero-order valence-corrected chi connectivity index (χ0v) is 16.6. The van der Waals surface area contributed by atoms with Crippen molar-refractivity contribution in [3.63, 3.8) is 0 Å². The molecule has 2 aromatic carbocycles. The first-order valence-electron chi connectivity index (χ1n) is 8.54.